The van der Waals surface area contributed by atoms with Gasteiger partial charge in [0.2, 0.25) is 0 Å². The van der Waals surface area contributed by atoms with Crippen LogP contribution in [0.25, 0.3) is 0 Å². The first-order valence-corrected chi connectivity index (χ1v) is 11.1. The first-order valence-electron chi connectivity index (χ1n) is 8.86. The van der Waals surface area contributed by atoms with Crippen LogP contribution in [-0.4, -0.2) is 33.7 Å². The van der Waals surface area contributed by atoms with Gasteiger partial charge in [0.1, 0.15) is 0 Å². The molecular formula is C20H27ClIN3O2S. The van der Waals surface area contributed by atoms with Gasteiger partial charge in [-0.15, -0.1) is 24.0 Å². The number of halogens is 2. The monoisotopic (exact) mass is 535 g/mol. The number of benzene rings is 2. The van der Waals surface area contributed by atoms with Crippen LogP contribution < -0.4 is 10.6 Å². The number of nitrogens with one attached hydrogen (secondary N) is 2. The Labute approximate surface area is 189 Å². The maximum absolute atomic E-state index is 11.7. The second kappa shape index (κ2) is 11.6. The van der Waals surface area contributed by atoms with Crippen molar-refractivity contribution < 1.29 is 8.42 Å². The number of sulfone groups is 1. The minimum absolute atomic E-state index is 0. The van der Waals surface area contributed by atoms with Gasteiger partial charge < -0.3 is 10.6 Å². The molecule has 0 amide bonds. The van der Waals surface area contributed by atoms with E-state index in [0.29, 0.717) is 18.0 Å². The summed E-state index contributed by atoms with van der Waals surface area (Å²) in [7, 11) is -3.20. The van der Waals surface area contributed by atoms with Crippen LogP contribution in [-0.2, 0) is 22.8 Å². The SMILES string of the molecule is CCNC(=NCc1ccc(S(C)(=O)=O)c(C)c1)NCCc1ccccc1Cl.I. The number of guanidine groups is 1. The lowest BCUT2D eigenvalue weighted by molar-refractivity contribution is 0.601. The molecule has 0 fully saturated rings. The van der Waals surface area contributed by atoms with Crippen molar-refractivity contribution in [1.29, 1.82) is 0 Å². The van der Waals surface area contributed by atoms with Crippen molar-refractivity contribution in [2.45, 2.75) is 31.7 Å². The molecule has 0 saturated carbocycles. The maximum Gasteiger partial charge on any atom is 0.191 e. The lowest BCUT2D eigenvalue weighted by atomic mass is 10.1. The normalized spacial score (nSPS) is 11.6. The third-order valence-electron chi connectivity index (χ3n) is 4.05. The molecule has 0 unspecified atom stereocenters. The van der Waals surface area contributed by atoms with E-state index in [-0.39, 0.29) is 24.0 Å². The molecule has 0 aliphatic carbocycles. The van der Waals surface area contributed by atoms with Gasteiger partial charge in [-0.05, 0) is 49.1 Å². The van der Waals surface area contributed by atoms with Gasteiger partial charge in [-0.2, -0.15) is 0 Å². The third kappa shape index (κ3) is 7.60. The summed E-state index contributed by atoms with van der Waals surface area (Å²) in [6.45, 7) is 5.74. The van der Waals surface area contributed by atoms with E-state index in [4.69, 9.17) is 11.6 Å². The van der Waals surface area contributed by atoms with Gasteiger partial charge >= 0.3 is 0 Å². The summed E-state index contributed by atoms with van der Waals surface area (Å²) in [6, 6.07) is 13.1. The predicted octanol–water partition coefficient (Wildman–Crippen LogP) is 3.97. The van der Waals surface area contributed by atoms with Crippen LogP contribution in [0, 0.1) is 6.92 Å². The van der Waals surface area contributed by atoms with Crippen LogP contribution >= 0.6 is 35.6 Å². The zero-order chi connectivity index (χ0) is 19.9. The predicted molar refractivity (Wildman–Crippen MR) is 128 cm³/mol. The molecule has 2 aromatic carbocycles. The van der Waals surface area contributed by atoms with E-state index >= 15 is 0 Å². The van der Waals surface area contributed by atoms with Crippen LogP contribution in [0.1, 0.15) is 23.6 Å². The Morgan fingerprint density at radius 3 is 2.46 bits per heavy atom. The fraction of sp³-hybridized carbons (Fsp3) is 0.350. The Morgan fingerprint density at radius 1 is 1.14 bits per heavy atom. The lowest BCUT2D eigenvalue weighted by Crippen LogP contribution is -2.38. The van der Waals surface area contributed by atoms with Crippen molar-refractivity contribution in [3.05, 3.63) is 64.2 Å². The summed E-state index contributed by atoms with van der Waals surface area (Å²) < 4.78 is 23.4. The molecule has 0 atom stereocenters. The molecule has 0 radical (unpaired) electrons. The van der Waals surface area contributed by atoms with Gasteiger partial charge in [0.25, 0.3) is 0 Å². The average Bonchev–Trinajstić information content (AvgIpc) is 2.60. The molecule has 0 bridgehead atoms. The molecule has 0 saturated heterocycles. The van der Waals surface area contributed by atoms with E-state index in [1.807, 2.05) is 37.3 Å². The highest BCUT2D eigenvalue weighted by Gasteiger charge is 2.10. The lowest BCUT2D eigenvalue weighted by Gasteiger charge is -2.12. The van der Waals surface area contributed by atoms with Gasteiger partial charge in [0, 0.05) is 24.4 Å². The summed E-state index contributed by atoms with van der Waals surface area (Å²) >= 11 is 6.19. The highest BCUT2D eigenvalue weighted by Crippen LogP contribution is 2.17. The van der Waals surface area contributed by atoms with E-state index in [9.17, 15) is 8.42 Å². The third-order valence-corrected chi connectivity index (χ3v) is 5.67. The quantitative estimate of drug-likeness (QED) is 0.320. The Morgan fingerprint density at radius 2 is 1.86 bits per heavy atom. The minimum atomic E-state index is -3.20. The molecule has 0 heterocycles. The fourth-order valence-corrected chi connectivity index (χ4v) is 3.94. The Hall–Kier alpha value is -1.32. The second-order valence-electron chi connectivity index (χ2n) is 6.34. The van der Waals surface area contributed by atoms with Crippen LogP contribution in [0.3, 0.4) is 0 Å². The van der Waals surface area contributed by atoms with Gasteiger partial charge in [-0.1, -0.05) is 41.9 Å². The van der Waals surface area contributed by atoms with Crippen molar-refractivity contribution in [3.63, 3.8) is 0 Å². The first-order chi connectivity index (χ1) is 12.8. The molecular weight excluding hydrogens is 509 g/mol. The molecule has 2 rings (SSSR count). The number of aryl methyl sites for hydroxylation is 1. The Kier molecular flexibility index (Phi) is 10.3. The molecule has 0 aliphatic heterocycles. The standard InChI is InChI=1S/C20H26ClN3O2S.HI/c1-4-22-20(23-12-11-17-7-5-6-8-18(17)21)24-14-16-9-10-19(15(2)13-16)27(3,25)26;/h5-10,13H,4,11-12,14H2,1-3H3,(H2,22,23,24);1H. The molecule has 8 heteroatoms. The van der Waals surface area contributed by atoms with Crippen LogP contribution in [0.4, 0.5) is 0 Å². The largest absolute Gasteiger partial charge is 0.357 e. The van der Waals surface area contributed by atoms with Crippen LogP contribution in [0.5, 0.6) is 0 Å². The highest BCUT2D eigenvalue weighted by atomic mass is 127. The molecule has 2 aromatic rings. The summed E-state index contributed by atoms with van der Waals surface area (Å²) in [5.74, 6) is 0.717. The molecule has 5 nitrogen and oxygen atoms in total. The van der Waals surface area contributed by atoms with E-state index in [2.05, 4.69) is 15.6 Å². The first kappa shape index (κ1) is 24.7. The number of aliphatic imine (C=N–C) groups is 1. The second-order valence-corrected chi connectivity index (χ2v) is 8.73. The van der Waals surface area contributed by atoms with Crippen molar-refractivity contribution in [3.8, 4) is 0 Å². The topological polar surface area (TPSA) is 70.6 Å². The smallest absolute Gasteiger partial charge is 0.191 e. The number of hydrogen-bond donors (Lipinski definition) is 2. The van der Waals surface area contributed by atoms with E-state index in [1.54, 1.807) is 19.1 Å². The molecule has 2 N–H and O–H groups in total. The molecule has 0 spiro atoms. The van der Waals surface area contributed by atoms with Crippen LogP contribution in [0.15, 0.2) is 52.4 Å². The molecule has 154 valence electrons. The summed E-state index contributed by atoms with van der Waals surface area (Å²) in [5.41, 5.74) is 2.79. The summed E-state index contributed by atoms with van der Waals surface area (Å²) in [4.78, 5) is 4.94. The number of rotatable bonds is 7. The number of hydrogen-bond acceptors (Lipinski definition) is 3. The van der Waals surface area contributed by atoms with Gasteiger partial charge in [0.05, 0.1) is 11.4 Å². The molecule has 28 heavy (non-hydrogen) atoms. The highest BCUT2D eigenvalue weighted by molar-refractivity contribution is 14.0. The van der Waals surface area contributed by atoms with Gasteiger partial charge in [-0.25, -0.2) is 13.4 Å². The van der Waals surface area contributed by atoms with Crippen molar-refractivity contribution in [2.75, 3.05) is 19.3 Å². The minimum Gasteiger partial charge on any atom is -0.357 e. The fourth-order valence-electron chi connectivity index (χ4n) is 2.75. The molecule has 0 aromatic heterocycles. The van der Waals surface area contributed by atoms with Crippen LogP contribution in [0.2, 0.25) is 5.02 Å². The Bertz CT molecular complexity index is 917. The van der Waals surface area contributed by atoms with E-state index in [1.165, 1.54) is 6.26 Å². The van der Waals surface area contributed by atoms with Crippen molar-refractivity contribution >= 4 is 51.4 Å². The zero-order valence-electron chi connectivity index (χ0n) is 16.3. The van der Waals surface area contributed by atoms with E-state index in [0.717, 1.165) is 40.6 Å². The van der Waals surface area contributed by atoms with Gasteiger partial charge in [-0.3, -0.25) is 0 Å². The Balaban J connectivity index is 0.00000392. The van der Waals surface area contributed by atoms with Crippen molar-refractivity contribution in [2.24, 2.45) is 4.99 Å². The summed E-state index contributed by atoms with van der Waals surface area (Å²) in [6.07, 6.45) is 2.02. The zero-order valence-corrected chi connectivity index (χ0v) is 20.2. The van der Waals surface area contributed by atoms with Gasteiger partial charge in [0.15, 0.2) is 15.8 Å². The van der Waals surface area contributed by atoms with E-state index < -0.39 is 9.84 Å². The molecule has 0 aliphatic rings. The van der Waals surface area contributed by atoms with Crippen molar-refractivity contribution in [1.82, 2.24) is 10.6 Å². The maximum atomic E-state index is 11.7. The average molecular weight is 536 g/mol. The number of nitrogens with zero attached hydrogens (tertiary/aromatic N) is 1. The summed E-state index contributed by atoms with van der Waals surface area (Å²) in [5, 5.41) is 7.28.